The van der Waals surface area contributed by atoms with E-state index in [1.807, 2.05) is 7.05 Å². The van der Waals surface area contributed by atoms with Crippen LogP contribution in [0.5, 0.6) is 0 Å². The van der Waals surface area contributed by atoms with Gasteiger partial charge in [0.15, 0.2) is 5.96 Å². The highest BCUT2D eigenvalue weighted by Gasteiger charge is 2.15. The van der Waals surface area contributed by atoms with Gasteiger partial charge in [0.1, 0.15) is 0 Å². The van der Waals surface area contributed by atoms with Crippen LogP contribution in [0.2, 0.25) is 0 Å². The van der Waals surface area contributed by atoms with Crippen LogP contribution >= 0.6 is 0 Å². The van der Waals surface area contributed by atoms with Gasteiger partial charge in [-0.25, -0.2) is 0 Å². The number of likely N-dealkylation sites (N-methyl/N-ethyl adjacent to an activating group) is 1. The molecule has 0 amide bonds. The van der Waals surface area contributed by atoms with Gasteiger partial charge in [-0.05, 0) is 66.0 Å². The molecule has 27 heavy (non-hydrogen) atoms. The molecule has 5 heteroatoms. The predicted molar refractivity (Wildman–Crippen MR) is 119 cm³/mol. The molecule has 154 valence electrons. The van der Waals surface area contributed by atoms with Crippen molar-refractivity contribution in [1.29, 1.82) is 0 Å². The molecular formula is C22H41N5. The average Bonchev–Trinajstić information content (AvgIpc) is 2.65. The van der Waals surface area contributed by atoms with Crippen molar-refractivity contribution in [3.05, 3.63) is 35.4 Å². The smallest absolute Gasteiger partial charge is 0.191 e. The molecule has 2 N–H and O–H groups in total. The lowest BCUT2D eigenvalue weighted by atomic mass is 10.0. The van der Waals surface area contributed by atoms with Crippen LogP contribution in [0, 0.1) is 6.92 Å². The average molecular weight is 376 g/mol. The zero-order valence-electron chi connectivity index (χ0n) is 18.5. The minimum absolute atomic E-state index is 0.308. The summed E-state index contributed by atoms with van der Waals surface area (Å²) in [5.41, 5.74) is 2.61. The molecule has 0 fully saturated rings. The van der Waals surface area contributed by atoms with E-state index < -0.39 is 0 Å². The fourth-order valence-corrected chi connectivity index (χ4v) is 3.24. The number of aryl methyl sites for hydroxylation is 1. The van der Waals surface area contributed by atoms with Crippen molar-refractivity contribution in [2.75, 3.05) is 47.3 Å². The molecule has 0 aromatic heterocycles. The summed E-state index contributed by atoms with van der Waals surface area (Å²) < 4.78 is 0. The minimum Gasteiger partial charge on any atom is -0.354 e. The number of hydrogen-bond acceptors (Lipinski definition) is 3. The molecule has 0 aliphatic rings. The Hall–Kier alpha value is -1.59. The molecule has 0 aliphatic carbocycles. The van der Waals surface area contributed by atoms with Crippen molar-refractivity contribution in [2.45, 2.75) is 52.6 Å². The van der Waals surface area contributed by atoms with E-state index in [-0.39, 0.29) is 0 Å². The molecule has 5 nitrogen and oxygen atoms in total. The molecule has 0 heterocycles. The van der Waals surface area contributed by atoms with Gasteiger partial charge in [-0.1, -0.05) is 43.7 Å². The third kappa shape index (κ3) is 8.76. The second-order valence-electron chi connectivity index (χ2n) is 7.56. The van der Waals surface area contributed by atoms with Crippen molar-refractivity contribution < 1.29 is 0 Å². The molecule has 0 spiro atoms. The molecule has 0 bridgehead atoms. The summed E-state index contributed by atoms with van der Waals surface area (Å²) in [5, 5.41) is 7.04. The van der Waals surface area contributed by atoms with Gasteiger partial charge in [0, 0.05) is 19.6 Å². The van der Waals surface area contributed by atoms with Crippen molar-refractivity contribution in [2.24, 2.45) is 4.99 Å². The van der Waals surface area contributed by atoms with Gasteiger partial charge in [0.25, 0.3) is 0 Å². The van der Waals surface area contributed by atoms with Crippen LogP contribution in [0.1, 0.15) is 50.8 Å². The molecule has 1 aromatic rings. The maximum absolute atomic E-state index is 4.41. The summed E-state index contributed by atoms with van der Waals surface area (Å²) in [7, 11) is 6.09. The van der Waals surface area contributed by atoms with Gasteiger partial charge >= 0.3 is 0 Å². The van der Waals surface area contributed by atoms with Crippen LogP contribution in [0.25, 0.3) is 0 Å². The van der Waals surface area contributed by atoms with Gasteiger partial charge in [-0.2, -0.15) is 0 Å². The number of guanidine groups is 1. The summed E-state index contributed by atoms with van der Waals surface area (Å²) in [6.45, 7) is 13.1. The quantitative estimate of drug-likeness (QED) is 0.460. The molecule has 0 saturated carbocycles. The van der Waals surface area contributed by atoms with Gasteiger partial charge in [0.2, 0.25) is 0 Å². The number of hydrogen-bond donors (Lipinski definition) is 2. The van der Waals surface area contributed by atoms with Crippen LogP contribution in [0.15, 0.2) is 29.3 Å². The van der Waals surface area contributed by atoms with Gasteiger partial charge in [0.05, 0.1) is 6.04 Å². The number of nitrogens with one attached hydrogen (secondary N) is 2. The van der Waals surface area contributed by atoms with Crippen molar-refractivity contribution in [3.63, 3.8) is 0 Å². The number of nitrogens with zero attached hydrogens (tertiary/aromatic N) is 3. The molecule has 2 atom stereocenters. The summed E-state index contributed by atoms with van der Waals surface area (Å²) in [4.78, 5) is 9.13. The van der Waals surface area contributed by atoms with E-state index in [0.717, 1.165) is 32.0 Å². The predicted octanol–water partition coefficient (Wildman–Crippen LogP) is 3.27. The summed E-state index contributed by atoms with van der Waals surface area (Å²) >= 11 is 0. The van der Waals surface area contributed by atoms with Crippen molar-refractivity contribution in [3.8, 4) is 0 Å². The highest BCUT2D eigenvalue weighted by molar-refractivity contribution is 5.79. The maximum atomic E-state index is 4.41. The van der Waals surface area contributed by atoms with Crippen LogP contribution in [0.4, 0.5) is 0 Å². The lowest BCUT2D eigenvalue weighted by Gasteiger charge is -2.27. The molecule has 0 radical (unpaired) electrons. The number of aliphatic imine (C=N–C) groups is 1. The standard InChI is InChI=1S/C22H41N5/c1-8-27(9-2)16-10-11-19(4)25-22(23-5)24-17-21(26(6)7)20-14-12-18(3)13-15-20/h12-15,19,21H,8-11,16-17H2,1-7H3,(H2,23,24,25). The Labute approximate surface area is 167 Å². The highest BCUT2D eigenvalue weighted by Crippen LogP contribution is 2.17. The van der Waals surface area contributed by atoms with Crippen LogP contribution in [0.3, 0.4) is 0 Å². The zero-order valence-corrected chi connectivity index (χ0v) is 18.5. The first-order valence-electron chi connectivity index (χ1n) is 10.3. The van der Waals surface area contributed by atoms with E-state index in [9.17, 15) is 0 Å². The van der Waals surface area contributed by atoms with Crippen molar-refractivity contribution >= 4 is 5.96 Å². The summed E-state index contributed by atoms with van der Waals surface area (Å²) in [6, 6.07) is 9.50. The molecule has 0 aliphatic heterocycles. The Kier molecular flexibility index (Phi) is 11.1. The lowest BCUT2D eigenvalue weighted by molar-refractivity contribution is 0.291. The largest absolute Gasteiger partial charge is 0.354 e. The Bertz CT molecular complexity index is 534. The van der Waals surface area contributed by atoms with E-state index in [4.69, 9.17) is 0 Å². The van der Waals surface area contributed by atoms with E-state index in [1.165, 1.54) is 24.1 Å². The monoisotopic (exact) mass is 375 g/mol. The molecule has 0 saturated heterocycles. The molecular weight excluding hydrogens is 334 g/mol. The molecule has 2 unspecified atom stereocenters. The Morgan fingerprint density at radius 2 is 1.74 bits per heavy atom. The summed E-state index contributed by atoms with van der Waals surface area (Å²) in [6.07, 6.45) is 2.35. The van der Waals surface area contributed by atoms with Crippen molar-refractivity contribution in [1.82, 2.24) is 20.4 Å². The molecule has 1 aromatic carbocycles. The van der Waals surface area contributed by atoms with E-state index in [2.05, 4.69) is 91.5 Å². The van der Waals surface area contributed by atoms with Crippen LogP contribution < -0.4 is 10.6 Å². The fraction of sp³-hybridized carbons (Fsp3) is 0.682. The summed E-state index contributed by atoms with van der Waals surface area (Å²) in [5.74, 6) is 0.879. The second kappa shape index (κ2) is 12.7. The first-order chi connectivity index (χ1) is 12.9. The normalized spacial score (nSPS) is 14.5. The SMILES string of the molecule is CCN(CC)CCCC(C)NC(=NC)NCC(c1ccc(C)cc1)N(C)C. The van der Waals surface area contributed by atoms with E-state index >= 15 is 0 Å². The third-order valence-electron chi connectivity index (χ3n) is 5.16. The van der Waals surface area contributed by atoms with E-state index in [1.54, 1.807) is 0 Å². The minimum atomic E-state index is 0.308. The zero-order chi connectivity index (χ0) is 20.2. The number of benzene rings is 1. The second-order valence-corrected chi connectivity index (χ2v) is 7.56. The Morgan fingerprint density at radius 1 is 1.11 bits per heavy atom. The molecule has 1 rings (SSSR count). The van der Waals surface area contributed by atoms with Crippen LogP contribution in [-0.2, 0) is 0 Å². The Morgan fingerprint density at radius 3 is 2.26 bits per heavy atom. The van der Waals surface area contributed by atoms with E-state index in [0.29, 0.717) is 12.1 Å². The van der Waals surface area contributed by atoms with Gasteiger partial charge in [-0.15, -0.1) is 0 Å². The first kappa shape index (κ1) is 23.4. The number of rotatable bonds is 11. The Balaban J connectivity index is 2.50. The van der Waals surface area contributed by atoms with Gasteiger partial charge < -0.3 is 20.4 Å². The van der Waals surface area contributed by atoms with Gasteiger partial charge in [-0.3, -0.25) is 4.99 Å². The topological polar surface area (TPSA) is 42.9 Å². The third-order valence-corrected chi connectivity index (χ3v) is 5.16. The maximum Gasteiger partial charge on any atom is 0.191 e. The van der Waals surface area contributed by atoms with Crippen LogP contribution in [-0.4, -0.2) is 69.1 Å². The fourth-order valence-electron chi connectivity index (χ4n) is 3.24. The lowest BCUT2D eigenvalue weighted by Crippen LogP contribution is -2.45. The first-order valence-corrected chi connectivity index (χ1v) is 10.3. The highest BCUT2D eigenvalue weighted by atomic mass is 15.2.